The zero-order valence-corrected chi connectivity index (χ0v) is 12.3. The highest BCUT2D eigenvalue weighted by Crippen LogP contribution is 2.25. The lowest BCUT2D eigenvalue weighted by Crippen LogP contribution is -2.24. The fourth-order valence-electron chi connectivity index (χ4n) is 2.55. The van der Waals surface area contributed by atoms with E-state index in [4.69, 9.17) is 5.73 Å². The second-order valence-electron chi connectivity index (χ2n) is 6.03. The fourth-order valence-corrected chi connectivity index (χ4v) is 2.55. The van der Waals surface area contributed by atoms with E-state index in [2.05, 4.69) is 0 Å². The molecule has 0 aliphatic rings. The Kier molecular flexibility index (Phi) is 3.46. The molecule has 2 aromatic rings. The van der Waals surface area contributed by atoms with Gasteiger partial charge in [-0.2, -0.15) is 0 Å². The van der Waals surface area contributed by atoms with E-state index in [0.29, 0.717) is 6.54 Å². The minimum absolute atomic E-state index is 0.231. The Morgan fingerprint density at radius 3 is 2.45 bits per heavy atom. The quantitative estimate of drug-likeness (QED) is 0.915. The van der Waals surface area contributed by atoms with E-state index in [9.17, 15) is 9.18 Å². The largest absolute Gasteiger partial charge is 0.393 e. The predicted octanol–water partition coefficient (Wildman–Crippen LogP) is 2.25. The average Bonchev–Trinajstić information content (AvgIpc) is 2.53. The molecule has 0 aliphatic carbocycles. The van der Waals surface area contributed by atoms with Crippen LogP contribution in [0.3, 0.4) is 0 Å². The summed E-state index contributed by atoms with van der Waals surface area (Å²) in [5.41, 5.74) is 7.26. The molecule has 108 valence electrons. The number of hydrogen-bond acceptors (Lipinski definition) is 2. The Labute approximate surface area is 117 Å². The van der Waals surface area contributed by atoms with Crippen molar-refractivity contribution in [3.63, 3.8) is 0 Å². The summed E-state index contributed by atoms with van der Waals surface area (Å²) in [4.78, 5) is 12.3. The predicted molar refractivity (Wildman–Crippen MR) is 78.3 cm³/mol. The number of hydrogen-bond donors (Lipinski definition) is 1. The Morgan fingerprint density at radius 2 is 1.95 bits per heavy atom. The summed E-state index contributed by atoms with van der Waals surface area (Å²) in [6, 6.07) is 6.22. The number of benzene rings is 1. The zero-order chi connectivity index (χ0) is 15.1. The van der Waals surface area contributed by atoms with Crippen molar-refractivity contribution in [2.75, 3.05) is 5.73 Å². The van der Waals surface area contributed by atoms with Gasteiger partial charge in [0.05, 0.1) is 12.2 Å². The van der Waals surface area contributed by atoms with Gasteiger partial charge in [0.1, 0.15) is 11.5 Å². The van der Waals surface area contributed by atoms with Gasteiger partial charge in [0, 0.05) is 12.5 Å². The molecule has 1 aromatic carbocycles. The van der Waals surface area contributed by atoms with Crippen molar-refractivity contribution in [1.82, 2.24) is 9.36 Å². The molecule has 0 amide bonds. The van der Waals surface area contributed by atoms with Crippen LogP contribution in [0, 0.1) is 5.82 Å². The average molecular weight is 277 g/mol. The Bertz CT molecular complexity index is 692. The van der Waals surface area contributed by atoms with Crippen molar-refractivity contribution >= 4 is 5.69 Å². The molecule has 0 aliphatic heterocycles. The van der Waals surface area contributed by atoms with Crippen LogP contribution in [0.1, 0.15) is 32.0 Å². The number of aromatic nitrogens is 2. The number of nitrogen functional groups attached to an aromatic ring is 1. The summed E-state index contributed by atoms with van der Waals surface area (Å²) in [6.07, 6.45) is 0. The molecule has 20 heavy (non-hydrogen) atoms. The molecule has 1 heterocycles. The van der Waals surface area contributed by atoms with E-state index in [1.165, 1.54) is 16.8 Å². The van der Waals surface area contributed by atoms with Gasteiger partial charge in [-0.25, -0.2) is 9.07 Å². The van der Waals surface area contributed by atoms with Gasteiger partial charge >= 0.3 is 0 Å². The third kappa shape index (κ3) is 2.48. The molecule has 0 bridgehead atoms. The molecule has 0 spiro atoms. The molecule has 0 unspecified atom stereocenters. The van der Waals surface area contributed by atoms with Crippen LogP contribution in [0.5, 0.6) is 0 Å². The van der Waals surface area contributed by atoms with E-state index in [0.717, 1.165) is 11.3 Å². The molecule has 0 atom stereocenters. The molecule has 0 radical (unpaired) electrons. The van der Waals surface area contributed by atoms with Crippen molar-refractivity contribution in [1.29, 1.82) is 0 Å². The van der Waals surface area contributed by atoms with Crippen LogP contribution in [0.4, 0.5) is 10.1 Å². The lowest BCUT2D eigenvalue weighted by atomic mass is 9.91. The summed E-state index contributed by atoms with van der Waals surface area (Å²) < 4.78 is 16.5. The van der Waals surface area contributed by atoms with Crippen LogP contribution in [-0.4, -0.2) is 9.36 Å². The first-order valence-corrected chi connectivity index (χ1v) is 6.52. The van der Waals surface area contributed by atoms with Gasteiger partial charge in [0.15, 0.2) is 0 Å². The molecule has 0 fully saturated rings. The standard InChI is InChI=1S/C15H20FN3O/c1-15(2,3)13-12(17)14(20)19(18(13)4)9-10-6-5-7-11(16)8-10/h5-8H,9,17H2,1-4H3. The first kappa shape index (κ1) is 14.4. The highest BCUT2D eigenvalue weighted by atomic mass is 19.1. The molecule has 1 aromatic heterocycles. The van der Waals surface area contributed by atoms with E-state index in [1.807, 2.05) is 20.8 Å². The van der Waals surface area contributed by atoms with Crippen LogP contribution in [0.2, 0.25) is 0 Å². The van der Waals surface area contributed by atoms with Gasteiger partial charge in [0.2, 0.25) is 0 Å². The van der Waals surface area contributed by atoms with Gasteiger partial charge in [-0.1, -0.05) is 32.9 Å². The highest BCUT2D eigenvalue weighted by molar-refractivity contribution is 5.45. The monoisotopic (exact) mass is 277 g/mol. The first-order valence-electron chi connectivity index (χ1n) is 6.52. The van der Waals surface area contributed by atoms with Gasteiger partial charge in [-0.05, 0) is 17.7 Å². The molecule has 2 rings (SSSR count). The Morgan fingerprint density at radius 1 is 1.30 bits per heavy atom. The Hall–Kier alpha value is -2.04. The topological polar surface area (TPSA) is 52.9 Å². The second kappa shape index (κ2) is 4.81. The molecule has 0 saturated heterocycles. The highest BCUT2D eigenvalue weighted by Gasteiger charge is 2.25. The fraction of sp³-hybridized carbons (Fsp3) is 0.400. The van der Waals surface area contributed by atoms with Gasteiger partial charge < -0.3 is 5.73 Å². The van der Waals surface area contributed by atoms with Crippen LogP contribution < -0.4 is 11.3 Å². The minimum Gasteiger partial charge on any atom is -0.393 e. The number of nitrogens with two attached hydrogens (primary N) is 1. The van der Waals surface area contributed by atoms with E-state index in [-0.39, 0.29) is 22.5 Å². The van der Waals surface area contributed by atoms with Crippen molar-refractivity contribution in [3.05, 3.63) is 51.7 Å². The molecular weight excluding hydrogens is 257 g/mol. The lowest BCUT2D eigenvalue weighted by molar-refractivity contribution is 0.460. The third-order valence-electron chi connectivity index (χ3n) is 3.34. The summed E-state index contributed by atoms with van der Waals surface area (Å²) in [7, 11) is 1.80. The van der Waals surface area contributed by atoms with E-state index >= 15 is 0 Å². The van der Waals surface area contributed by atoms with Gasteiger partial charge in [-0.15, -0.1) is 0 Å². The SMILES string of the molecule is Cn1c(C(C)(C)C)c(N)c(=O)n1Cc1cccc(F)c1. The maximum atomic E-state index is 13.2. The van der Waals surface area contributed by atoms with Crippen LogP contribution in [0.25, 0.3) is 0 Å². The number of rotatable bonds is 2. The first-order chi connectivity index (χ1) is 9.21. The Balaban J connectivity index is 2.52. The summed E-state index contributed by atoms with van der Waals surface area (Å²) in [5.74, 6) is -0.311. The molecular formula is C15H20FN3O. The lowest BCUT2D eigenvalue weighted by Gasteiger charge is -2.21. The summed E-state index contributed by atoms with van der Waals surface area (Å²) in [5, 5.41) is 0. The molecule has 4 nitrogen and oxygen atoms in total. The normalized spacial score (nSPS) is 11.8. The van der Waals surface area contributed by atoms with Crippen molar-refractivity contribution in [2.45, 2.75) is 32.7 Å². The number of nitrogens with zero attached hydrogens (tertiary/aromatic N) is 2. The minimum atomic E-state index is -0.311. The summed E-state index contributed by atoms with van der Waals surface area (Å²) >= 11 is 0. The smallest absolute Gasteiger partial charge is 0.290 e. The van der Waals surface area contributed by atoms with Gasteiger partial charge in [-0.3, -0.25) is 9.48 Å². The molecule has 0 saturated carbocycles. The second-order valence-corrected chi connectivity index (χ2v) is 6.03. The van der Waals surface area contributed by atoms with Gasteiger partial charge in [0.25, 0.3) is 5.56 Å². The van der Waals surface area contributed by atoms with Crippen LogP contribution in [-0.2, 0) is 19.0 Å². The van der Waals surface area contributed by atoms with E-state index < -0.39 is 0 Å². The molecule has 2 N–H and O–H groups in total. The van der Waals surface area contributed by atoms with Crippen LogP contribution in [0.15, 0.2) is 29.1 Å². The number of halogens is 1. The zero-order valence-electron chi connectivity index (χ0n) is 12.3. The number of anilines is 1. The van der Waals surface area contributed by atoms with Crippen molar-refractivity contribution in [3.8, 4) is 0 Å². The third-order valence-corrected chi connectivity index (χ3v) is 3.34. The van der Waals surface area contributed by atoms with Crippen molar-refractivity contribution in [2.24, 2.45) is 7.05 Å². The maximum absolute atomic E-state index is 13.2. The van der Waals surface area contributed by atoms with E-state index in [1.54, 1.807) is 23.9 Å². The van der Waals surface area contributed by atoms with Crippen LogP contribution >= 0.6 is 0 Å². The molecule has 5 heteroatoms. The summed E-state index contributed by atoms with van der Waals surface area (Å²) in [6.45, 7) is 6.31. The maximum Gasteiger partial charge on any atom is 0.290 e. The van der Waals surface area contributed by atoms with Crippen molar-refractivity contribution < 1.29 is 4.39 Å².